The highest BCUT2D eigenvalue weighted by atomic mass is 127. The fraction of sp³-hybridized carbons (Fsp3) is 0.462. The van der Waals surface area contributed by atoms with Crippen molar-refractivity contribution in [2.75, 3.05) is 4.90 Å². The second kappa shape index (κ2) is 9.51. The van der Waals surface area contributed by atoms with E-state index >= 15 is 0 Å². The van der Waals surface area contributed by atoms with Crippen molar-refractivity contribution in [2.45, 2.75) is 75.6 Å². The average Bonchev–Trinajstić information content (AvgIpc) is 3.54. The molecular formula is C26H25F3IN3O3. The van der Waals surface area contributed by atoms with Crippen LogP contribution < -0.4 is 9.64 Å². The zero-order chi connectivity index (χ0) is 24.9. The molecule has 2 aliphatic heterocycles. The summed E-state index contributed by atoms with van der Waals surface area (Å²) in [6.45, 7) is 0.247. The first-order valence-electron chi connectivity index (χ1n) is 12.2. The van der Waals surface area contributed by atoms with Gasteiger partial charge in [-0.05, 0) is 85.4 Å². The molecule has 4 heterocycles. The molecule has 3 aliphatic rings. The Bertz CT molecular complexity index is 1220. The lowest BCUT2D eigenvalue weighted by Gasteiger charge is -2.39. The van der Waals surface area contributed by atoms with Crippen molar-refractivity contribution >= 4 is 28.4 Å². The third-order valence-corrected chi connectivity index (χ3v) is 7.90. The van der Waals surface area contributed by atoms with E-state index in [-0.39, 0.29) is 29.9 Å². The predicted molar refractivity (Wildman–Crippen MR) is 135 cm³/mol. The molecule has 6 nitrogen and oxygen atoms in total. The van der Waals surface area contributed by atoms with E-state index in [4.69, 9.17) is 9.26 Å². The van der Waals surface area contributed by atoms with Crippen LogP contribution in [-0.4, -0.2) is 34.7 Å². The maximum Gasteiger partial charge on any atom is 0.573 e. The Morgan fingerprint density at radius 3 is 2.44 bits per heavy atom. The van der Waals surface area contributed by atoms with E-state index in [9.17, 15) is 13.2 Å². The number of benzene rings is 1. The lowest BCUT2D eigenvalue weighted by molar-refractivity contribution is -0.274. The van der Waals surface area contributed by atoms with E-state index in [0.717, 1.165) is 59.2 Å². The molecule has 36 heavy (non-hydrogen) atoms. The summed E-state index contributed by atoms with van der Waals surface area (Å²) in [4.78, 5) is 7.07. The van der Waals surface area contributed by atoms with Gasteiger partial charge in [-0.3, -0.25) is 0 Å². The summed E-state index contributed by atoms with van der Waals surface area (Å²) in [6.07, 6.45) is 3.09. The van der Waals surface area contributed by atoms with Crippen molar-refractivity contribution in [2.24, 2.45) is 0 Å². The maximum atomic E-state index is 13.0. The van der Waals surface area contributed by atoms with Gasteiger partial charge in [-0.15, -0.1) is 13.2 Å². The third-order valence-electron chi connectivity index (χ3n) is 7.26. The number of piperidine rings is 1. The summed E-state index contributed by atoms with van der Waals surface area (Å²) < 4.78 is 56.5. The maximum absolute atomic E-state index is 13.0. The second-order valence-corrected chi connectivity index (χ2v) is 11.0. The van der Waals surface area contributed by atoms with Gasteiger partial charge in [0.25, 0.3) is 0 Å². The van der Waals surface area contributed by atoms with Gasteiger partial charge in [-0.1, -0.05) is 17.3 Å². The third kappa shape index (κ3) is 4.93. The molecule has 10 heteroatoms. The molecule has 0 N–H and O–H groups in total. The van der Waals surface area contributed by atoms with Gasteiger partial charge >= 0.3 is 6.36 Å². The van der Waals surface area contributed by atoms with Gasteiger partial charge in [-0.25, -0.2) is 4.98 Å². The van der Waals surface area contributed by atoms with Crippen LogP contribution in [0.15, 0.2) is 47.1 Å². The normalized spacial score (nSPS) is 23.8. The van der Waals surface area contributed by atoms with Gasteiger partial charge in [0.15, 0.2) is 0 Å². The Morgan fingerprint density at radius 2 is 1.78 bits per heavy atom. The molecule has 2 bridgehead atoms. The van der Waals surface area contributed by atoms with Gasteiger partial charge in [0.1, 0.15) is 23.0 Å². The Morgan fingerprint density at radius 1 is 1.03 bits per heavy atom. The molecule has 6 rings (SSSR count). The number of pyridine rings is 1. The lowest BCUT2D eigenvalue weighted by atomic mass is 9.99. The highest BCUT2D eigenvalue weighted by Gasteiger charge is 2.42. The molecule has 1 aromatic carbocycles. The SMILES string of the molecule is FC(F)(F)Oc1ccccc1-c1noc(C2CC2)c1COC1CC2CC[C@H](C1)N2c1ccc(I)cn1. The van der Waals surface area contributed by atoms with E-state index in [2.05, 4.69) is 54.5 Å². The number of halogens is 4. The highest BCUT2D eigenvalue weighted by molar-refractivity contribution is 14.1. The van der Waals surface area contributed by atoms with Crippen LogP contribution in [0.3, 0.4) is 0 Å². The Labute approximate surface area is 220 Å². The fourth-order valence-electron chi connectivity index (χ4n) is 5.57. The van der Waals surface area contributed by atoms with Crippen LogP contribution in [-0.2, 0) is 11.3 Å². The number of hydrogen-bond donors (Lipinski definition) is 0. The van der Waals surface area contributed by atoms with Crippen LogP contribution in [0, 0.1) is 3.57 Å². The quantitative estimate of drug-likeness (QED) is 0.273. The molecule has 3 fully saturated rings. The molecule has 190 valence electrons. The van der Waals surface area contributed by atoms with Crippen molar-refractivity contribution < 1.29 is 27.2 Å². The van der Waals surface area contributed by atoms with Crippen molar-refractivity contribution in [1.82, 2.24) is 10.1 Å². The van der Waals surface area contributed by atoms with E-state index in [0.29, 0.717) is 17.8 Å². The largest absolute Gasteiger partial charge is 0.573 e. The van der Waals surface area contributed by atoms with Gasteiger partial charge in [0, 0.05) is 38.9 Å². The number of rotatable bonds is 7. The number of ether oxygens (including phenoxy) is 2. The summed E-state index contributed by atoms with van der Waals surface area (Å²) in [7, 11) is 0. The van der Waals surface area contributed by atoms with Gasteiger partial charge < -0.3 is 18.9 Å². The van der Waals surface area contributed by atoms with E-state index in [1.165, 1.54) is 12.1 Å². The Balaban J connectivity index is 1.21. The first kappa shape index (κ1) is 24.0. The number of para-hydroxylation sites is 1. The van der Waals surface area contributed by atoms with Crippen LogP contribution in [0.2, 0.25) is 0 Å². The minimum atomic E-state index is -4.80. The number of fused-ring (bicyclic) bond motifs is 2. The summed E-state index contributed by atoms with van der Waals surface area (Å²) in [5.41, 5.74) is 1.34. The molecular weight excluding hydrogens is 586 g/mol. The topological polar surface area (TPSA) is 60.6 Å². The van der Waals surface area contributed by atoms with Crippen LogP contribution >= 0.6 is 22.6 Å². The van der Waals surface area contributed by atoms with Crippen LogP contribution in [0.25, 0.3) is 11.3 Å². The van der Waals surface area contributed by atoms with E-state index in [1.807, 2.05) is 6.20 Å². The Hall–Kier alpha value is -2.34. The number of anilines is 1. The minimum Gasteiger partial charge on any atom is -0.405 e. The lowest BCUT2D eigenvalue weighted by Crippen LogP contribution is -2.46. The van der Waals surface area contributed by atoms with Gasteiger partial charge in [0.05, 0.1) is 12.7 Å². The molecule has 1 saturated carbocycles. The molecule has 2 saturated heterocycles. The summed E-state index contributed by atoms with van der Waals surface area (Å²) in [5, 5.41) is 4.18. The summed E-state index contributed by atoms with van der Waals surface area (Å²) in [5.74, 6) is 1.68. The molecule has 0 radical (unpaired) electrons. The number of alkyl halides is 3. The van der Waals surface area contributed by atoms with Crippen molar-refractivity contribution in [3.05, 3.63) is 57.5 Å². The number of nitrogens with zero attached hydrogens (tertiary/aromatic N) is 3. The predicted octanol–water partition coefficient (Wildman–Crippen LogP) is 6.83. The minimum absolute atomic E-state index is 0.0547. The fourth-order valence-corrected chi connectivity index (χ4v) is 5.89. The molecule has 3 aromatic rings. The summed E-state index contributed by atoms with van der Waals surface area (Å²) in [6, 6.07) is 10.9. The van der Waals surface area contributed by atoms with Crippen LogP contribution in [0.5, 0.6) is 5.75 Å². The number of aromatic nitrogens is 2. The van der Waals surface area contributed by atoms with Crippen molar-refractivity contribution in [3.63, 3.8) is 0 Å². The van der Waals surface area contributed by atoms with E-state index < -0.39 is 6.36 Å². The standard InChI is InChI=1S/C26H25F3IN3O3/c27-26(28,29)35-22-4-2-1-3-20(22)24-21(25(36-32-24)15-5-6-15)14-34-19-11-17-8-9-18(12-19)33(17)23-10-7-16(30)13-31-23/h1-4,7,10,13,15,17-19H,5-6,8-9,11-12,14H2/t17-,18?,19?/m1/s1. The smallest absolute Gasteiger partial charge is 0.405 e. The second-order valence-electron chi connectivity index (χ2n) is 9.72. The molecule has 1 aliphatic carbocycles. The number of hydrogen-bond acceptors (Lipinski definition) is 6. The highest BCUT2D eigenvalue weighted by Crippen LogP contribution is 2.46. The molecule has 0 spiro atoms. The van der Waals surface area contributed by atoms with E-state index in [1.54, 1.807) is 12.1 Å². The molecule has 0 amide bonds. The summed E-state index contributed by atoms with van der Waals surface area (Å²) >= 11 is 2.26. The van der Waals surface area contributed by atoms with Gasteiger partial charge in [0.2, 0.25) is 0 Å². The van der Waals surface area contributed by atoms with Crippen molar-refractivity contribution in [1.29, 1.82) is 0 Å². The van der Waals surface area contributed by atoms with Gasteiger partial charge in [-0.2, -0.15) is 0 Å². The van der Waals surface area contributed by atoms with Crippen LogP contribution in [0.1, 0.15) is 55.8 Å². The first-order valence-corrected chi connectivity index (χ1v) is 13.3. The van der Waals surface area contributed by atoms with Crippen molar-refractivity contribution in [3.8, 4) is 17.0 Å². The monoisotopic (exact) mass is 611 g/mol. The molecule has 2 aromatic heterocycles. The van der Waals surface area contributed by atoms with Crippen LogP contribution in [0.4, 0.5) is 19.0 Å². The molecule has 3 atom stereocenters. The first-order chi connectivity index (χ1) is 17.4. The zero-order valence-electron chi connectivity index (χ0n) is 19.4. The molecule has 2 unspecified atom stereocenters. The Kier molecular flexibility index (Phi) is 6.35. The zero-order valence-corrected chi connectivity index (χ0v) is 21.5. The average molecular weight is 611 g/mol.